The maximum atomic E-state index is 13.7. The fraction of sp³-hybridized carbons (Fsp3) is 0.0714. The minimum atomic E-state index is -2.36. The first-order valence-corrected chi connectivity index (χ1v) is 6.31. The highest BCUT2D eigenvalue weighted by Crippen LogP contribution is 2.30. The van der Waals surface area contributed by atoms with Gasteiger partial charge < -0.3 is 9.84 Å². The second kappa shape index (κ2) is 6.71. The second-order valence-corrected chi connectivity index (χ2v) is 4.64. The van der Waals surface area contributed by atoms with Crippen molar-refractivity contribution in [2.45, 2.75) is 6.42 Å². The molecule has 0 spiro atoms. The van der Waals surface area contributed by atoms with Gasteiger partial charge in [0.1, 0.15) is 5.75 Å². The second-order valence-electron chi connectivity index (χ2n) is 4.64. The Morgan fingerprint density at radius 3 is 2.04 bits per heavy atom. The fourth-order valence-corrected chi connectivity index (χ4v) is 2.01. The van der Waals surface area contributed by atoms with Crippen molar-refractivity contribution in [1.82, 2.24) is 0 Å². The van der Waals surface area contributed by atoms with E-state index in [0.29, 0.717) is 6.07 Å². The number of nitro groups is 1. The summed E-state index contributed by atoms with van der Waals surface area (Å²) in [7, 11) is 0. The normalized spacial score (nSPS) is 10.6. The molecule has 0 aliphatic heterocycles. The SMILES string of the molecule is O=C(O)Oc1ccc([N+](=O)[O-])cc1Cc1c(F)c(F)c(F)c(F)c1F. The number of non-ortho nitro benzene ring substituents is 1. The molecule has 2 aromatic rings. The van der Waals surface area contributed by atoms with Gasteiger partial charge in [-0.3, -0.25) is 10.1 Å². The van der Waals surface area contributed by atoms with Crippen LogP contribution in [0.3, 0.4) is 0 Å². The summed E-state index contributed by atoms with van der Waals surface area (Å²) in [5.74, 6) is -11.6. The number of rotatable bonds is 4. The lowest BCUT2D eigenvalue weighted by Gasteiger charge is -2.11. The van der Waals surface area contributed by atoms with Crippen LogP contribution in [0.25, 0.3) is 0 Å². The van der Waals surface area contributed by atoms with Crippen molar-refractivity contribution in [3.05, 3.63) is 68.5 Å². The first-order valence-electron chi connectivity index (χ1n) is 6.31. The zero-order valence-electron chi connectivity index (χ0n) is 11.9. The molecule has 0 aliphatic carbocycles. The molecule has 0 bridgehead atoms. The van der Waals surface area contributed by atoms with E-state index in [0.717, 1.165) is 12.1 Å². The topological polar surface area (TPSA) is 89.7 Å². The van der Waals surface area contributed by atoms with Crippen molar-refractivity contribution in [3.8, 4) is 5.75 Å². The summed E-state index contributed by atoms with van der Waals surface area (Å²) in [5, 5.41) is 19.4. The summed E-state index contributed by atoms with van der Waals surface area (Å²) in [4.78, 5) is 20.5. The summed E-state index contributed by atoms with van der Waals surface area (Å²) < 4.78 is 71.3. The third-order valence-corrected chi connectivity index (χ3v) is 3.12. The molecule has 11 heteroatoms. The van der Waals surface area contributed by atoms with E-state index in [4.69, 9.17) is 5.11 Å². The molecule has 6 nitrogen and oxygen atoms in total. The van der Waals surface area contributed by atoms with Crippen molar-refractivity contribution >= 4 is 11.8 Å². The predicted molar refractivity (Wildman–Crippen MR) is 70.8 cm³/mol. The average molecular weight is 363 g/mol. The molecular formula is C14H6F5NO5. The first kappa shape index (κ1) is 18.1. The lowest BCUT2D eigenvalue weighted by Crippen LogP contribution is -2.10. The van der Waals surface area contributed by atoms with Crippen molar-refractivity contribution in [3.63, 3.8) is 0 Å². The number of nitro benzene ring substituents is 1. The van der Waals surface area contributed by atoms with Crippen LogP contribution in [0, 0.1) is 39.2 Å². The zero-order chi connectivity index (χ0) is 18.9. The van der Waals surface area contributed by atoms with Crippen molar-refractivity contribution in [2.24, 2.45) is 0 Å². The van der Waals surface area contributed by atoms with Crippen LogP contribution in [0.2, 0.25) is 0 Å². The zero-order valence-corrected chi connectivity index (χ0v) is 11.9. The highest BCUT2D eigenvalue weighted by atomic mass is 19.2. The van der Waals surface area contributed by atoms with Gasteiger partial charge in [0.25, 0.3) is 5.69 Å². The lowest BCUT2D eigenvalue weighted by atomic mass is 10.0. The van der Waals surface area contributed by atoms with E-state index in [1.807, 2.05) is 0 Å². The monoisotopic (exact) mass is 363 g/mol. The van der Waals surface area contributed by atoms with E-state index in [2.05, 4.69) is 4.74 Å². The molecule has 2 rings (SSSR count). The van der Waals surface area contributed by atoms with Crippen LogP contribution in [0.15, 0.2) is 18.2 Å². The van der Waals surface area contributed by atoms with Gasteiger partial charge in [-0.25, -0.2) is 26.7 Å². The minimum Gasteiger partial charge on any atom is -0.449 e. The number of benzene rings is 2. The van der Waals surface area contributed by atoms with Gasteiger partial charge in [0.05, 0.1) is 4.92 Å². The Hall–Kier alpha value is -3.24. The highest BCUT2D eigenvalue weighted by Gasteiger charge is 2.27. The molecule has 0 unspecified atom stereocenters. The lowest BCUT2D eigenvalue weighted by molar-refractivity contribution is -0.384. The first-order chi connectivity index (χ1) is 11.6. The number of nitrogens with zero attached hydrogens (tertiary/aromatic N) is 1. The Bertz CT molecular complexity index is 857. The molecule has 0 heterocycles. The molecular weight excluding hydrogens is 357 g/mol. The Labute approximate surface area is 135 Å². The van der Waals surface area contributed by atoms with E-state index in [1.165, 1.54) is 0 Å². The molecule has 0 saturated carbocycles. The molecule has 0 radical (unpaired) electrons. The minimum absolute atomic E-state index is 0.459. The number of halogens is 5. The summed E-state index contributed by atoms with van der Waals surface area (Å²) in [6.07, 6.45) is -2.87. The molecule has 0 atom stereocenters. The number of ether oxygens (including phenoxy) is 1. The maximum Gasteiger partial charge on any atom is 0.511 e. The van der Waals surface area contributed by atoms with Crippen LogP contribution in [-0.2, 0) is 6.42 Å². The van der Waals surface area contributed by atoms with Crippen LogP contribution in [0.4, 0.5) is 32.4 Å². The summed E-state index contributed by atoms with van der Waals surface area (Å²) in [5.41, 5.74) is -2.34. The number of carboxylic acid groups (broad SMARTS) is 1. The van der Waals surface area contributed by atoms with Gasteiger partial charge in [0.15, 0.2) is 23.3 Å². The largest absolute Gasteiger partial charge is 0.511 e. The standard InChI is InChI=1S/C14H6F5NO5/c15-9-7(10(16)12(18)13(19)11(9)17)4-5-3-6(20(23)24)1-2-8(5)25-14(21)22/h1-3H,4H2,(H,21,22). The van der Waals surface area contributed by atoms with Crippen LogP contribution in [0.1, 0.15) is 11.1 Å². The molecule has 0 fully saturated rings. The van der Waals surface area contributed by atoms with Gasteiger partial charge in [0.2, 0.25) is 5.82 Å². The van der Waals surface area contributed by atoms with Gasteiger partial charge >= 0.3 is 6.16 Å². The van der Waals surface area contributed by atoms with Gasteiger partial charge in [-0.1, -0.05) is 0 Å². The van der Waals surface area contributed by atoms with Crippen molar-refractivity contribution in [1.29, 1.82) is 0 Å². The number of hydrogen-bond donors (Lipinski definition) is 1. The Kier molecular flexibility index (Phi) is 4.86. The van der Waals surface area contributed by atoms with Gasteiger partial charge in [0, 0.05) is 29.7 Å². The predicted octanol–water partition coefficient (Wildman–Crippen LogP) is 3.94. The van der Waals surface area contributed by atoms with E-state index in [-0.39, 0.29) is 0 Å². The van der Waals surface area contributed by atoms with E-state index >= 15 is 0 Å². The number of carbonyl (C=O) groups is 1. The van der Waals surface area contributed by atoms with E-state index in [9.17, 15) is 36.9 Å². The molecule has 0 saturated heterocycles. The molecule has 0 aromatic heterocycles. The molecule has 25 heavy (non-hydrogen) atoms. The molecule has 2 aromatic carbocycles. The quantitative estimate of drug-likeness (QED) is 0.169. The summed E-state index contributed by atoms with van der Waals surface area (Å²) in [6, 6.07) is 2.38. The van der Waals surface area contributed by atoms with Crippen molar-refractivity contribution in [2.75, 3.05) is 0 Å². The molecule has 132 valence electrons. The van der Waals surface area contributed by atoms with E-state index in [1.54, 1.807) is 0 Å². The van der Waals surface area contributed by atoms with Crippen LogP contribution in [-0.4, -0.2) is 16.2 Å². The van der Waals surface area contributed by atoms with E-state index < -0.39 is 69.1 Å². The Balaban J connectivity index is 2.61. The molecule has 1 N–H and O–H groups in total. The van der Waals surface area contributed by atoms with Gasteiger partial charge in [-0.2, -0.15) is 0 Å². The smallest absolute Gasteiger partial charge is 0.449 e. The Morgan fingerprint density at radius 1 is 1.04 bits per heavy atom. The van der Waals surface area contributed by atoms with Crippen LogP contribution < -0.4 is 4.74 Å². The van der Waals surface area contributed by atoms with Gasteiger partial charge in [-0.05, 0) is 6.07 Å². The Morgan fingerprint density at radius 2 is 1.56 bits per heavy atom. The molecule has 0 amide bonds. The summed E-state index contributed by atoms with van der Waals surface area (Å²) in [6.45, 7) is 0. The fourth-order valence-electron chi connectivity index (χ4n) is 2.01. The summed E-state index contributed by atoms with van der Waals surface area (Å²) >= 11 is 0. The highest BCUT2D eigenvalue weighted by molar-refractivity contribution is 5.63. The average Bonchev–Trinajstić information content (AvgIpc) is 2.55. The maximum absolute atomic E-state index is 13.7. The molecule has 0 aliphatic rings. The third-order valence-electron chi connectivity index (χ3n) is 3.12. The van der Waals surface area contributed by atoms with Gasteiger partial charge in [-0.15, -0.1) is 0 Å². The third kappa shape index (κ3) is 3.49. The van der Waals surface area contributed by atoms with Crippen LogP contribution >= 0.6 is 0 Å². The number of hydrogen-bond acceptors (Lipinski definition) is 4. The van der Waals surface area contributed by atoms with Crippen molar-refractivity contribution < 1.29 is 41.5 Å². The van der Waals surface area contributed by atoms with Crippen LogP contribution in [0.5, 0.6) is 5.75 Å².